The average molecular weight is 205 g/mol. The lowest BCUT2D eigenvalue weighted by Gasteiger charge is -2.13. The molecule has 1 heterocycles. The summed E-state index contributed by atoms with van der Waals surface area (Å²) in [6.07, 6.45) is 3.78. The van der Waals surface area contributed by atoms with E-state index in [1.807, 2.05) is 0 Å². The summed E-state index contributed by atoms with van der Waals surface area (Å²) in [5.41, 5.74) is 2.78. The number of hydrogen-bond donors (Lipinski definition) is 1. The maximum Gasteiger partial charge on any atom is 0.119 e. The van der Waals surface area contributed by atoms with Gasteiger partial charge in [0, 0.05) is 6.04 Å². The Morgan fingerprint density at radius 3 is 2.93 bits per heavy atom. The molecule has 0 saturated carbocycles. The van der Waals surface area contributed by atoms with Crippen molar-refractivity contribution in [3.8, 4) is 5.75 Å². The van der Waals surface area contributed by atoms with Gasteiger partial charge in [-0.2, -0.15) is 0 Å². The molecule has 0 amide bonds. The van der Waals surface area contributed by atoms with Crippen LogP contribution in [-0.2, 0) is 6.42 Å². The van der Waals surface area contributed by atoms with Gasteiger partial charge in [-0.25, -0.2) is 0 Å². The number of nitrogens with one attached hydrogen (secondary N) is 1. The predicted molar refractivity (Wildman–Crippen MR) is 62.5 cm³/mol. The quantitative estimate of drug-likeness (QED) is 0.817. The normalized spacial score (nSPS) is 20.5. The van der Waals surface area contributed by atoms with Crippen LogP contribution in [0.3, 0.4) is 0 Å². The third kappa shape index (κ3) is 2.51. The summed E-state index contributed by atoms with van der Waals surface area (Å²) in [5, 5.41) is 3.53. The van der Waals surface area contributed by atoms with E-state index in [4.69, 9.17) is 4.74 Å². The summed E-state index contributed by atoms with van der Waals surface area (Å²) in [5.74, 6) is 0.954. The molecule has 0 aromatic heterocycles. The van der Waals surface area contributed by atoms with Crippen LogP contribution in [0.4, 0.5) is 0 Å². The molecule has 1 fully saturated rings. The standard InChI is InChI=1S/C13H19NO/c1-10-8-13(15-2)6-5-11(10)9-12-4-3-7-14-12/h5-6,8,12,14H,3-4,7,9H2,1-2H3. The Hall–Kier alpha value is -1.02. The van der Waals surface area contributed by atoms with Crippen molar-refractivity contribution in [1.29, 1.82) is 0 Å². The zero-order valence-corrected chi connectivity index (χ0v) is 9.55. The van der Waals surface area contributed by atoms with Crippen molar-refractivity contribution in [2.24, 2.45) is 0 Å². The zero-order chi connectivity index (χ0) is 10.7. The zero-order valence-electron chi connectivity index (χ0n) is 9.55. The lowest BCUT2D eigenvalue weighted by atomic mass is 10.00. The van der Waals surface area contributed by atoms with Crippen LogP contribution >= 0.6 is 0 Å². The van der Waals surface area contributed by atoms with Crippen LogP contribution in [0, 0.1) is 6.92 Å². The highest BCUT2D eigenvalue weighted by Crippen LogP contribution is 2.20. The van der Waals surface area contributed by atoms with E-state index in [2.05, 4.69) is 30.4 Å². The molecule has 15 heavy (non-hydrogen) atoms. The molecule has 1 N–H and O–H groups in total. The molecule has 0 spiro atoms. The Bertz CT molecular complexity index is 329. The highest BCUT2D eigenvalue weighted by molar-refractivity contribution is 5.35. The molecule has 1 aliphatic rings. The fraction of sp³-hybridized carbons (Fsp3) is 0.538. The van der Waals surface area contributed by atoms with Gasteiger partial charge in [0.25, 0.3) is 0 Å². The fourth-order valence-electron chi connectivity index (χ4n) is 2.22. The highest BCUT2D eigenvalue weighted by Gasteiger charge is 2.15. The maximum absolute atomic E-state index is 5.20. The average Bonchev–Trinajstić information content (AvgIpc) is 2.74. The van der Waals surface area contributed by atoms with Crippen LogP contribution in [0.5, 0.6) is 5.75 Å². The molecular formula is C13H19NO. The summed E-state index contributed by atoms with van der Waals surface area (Å²) in [7, 11) is 1.72. The molecule has 2 rings (SSSR count). The highest BCUT2D eigenvalue weighted by atomic mass is 16.5. The molecule has 1 atom stereocenters. The van der Waals surface area contributed by atoms with E-state index in [0.717, 1.165) is 12.2 Å². The summed E-state index contributed by atoms with van der Waals surface area (Å²) >= 11 is 0. The van der Waals surface area contributed by atoms with Crippen molar-refractivity contribution in [1.82, 2.24) is 5.32 Å². The molecule has 1 unspecified atom stereocenters. The second-order valence-electron chi connectivity index (χ2n) is 4.29. The number of methoxy groups -OCH3 is 1. The molecule has 82 valence electrons. The minimum absolute atomic E-state index is 0.678. The molecule has 1 aliphatic heterocycles. The monoisotopic (exact) mass is 205 g/mol. The van der Waals surface area contributed by atoms with E-state index in [1.54, 1.807) is 7.11 Å². The third-order valence-corrected chi connectivity index (χ3v) is 3.18. The first-order valence-corrected chi connectivity index (χ1v) is 5.66. The van der Waals surface area contributed by atoms with E-state index >= 15 is 0 Å². The predicted octanol–water partition coefficient (Wildman–Crippen LogP) is 2.30. The van der Waals surface area contributed by atoms with E-state index in [9.17, 15) is 0 Å². The number of rotatable bonds is 3. The van der Waals surface area contributed by atoms with Crippen LogP contribution < -0.4 is 10.1 Å². The van der Waals surface area contributed by atoms with Gasteiger partial charge in [0.15, 0.2) is 0 Å². The van der Waals surface area contributed by atoms with E-state index in [0.29, 0.717) is 6.04 Å². The van der Waals surface area contributed by atoms with Gasteiger partial charge in [-0.1, -0.05) is 6.07 Å². The van der Waals surface area contributed by atoms with Crippen molar-refractivity contribution < 1.29 is 4.74 Å². The van der Waals surface area contributed by atoms with Crippen molar-refractivity contribution in [2.75, 3.05) is 13.7 Å². The van der Waals surface area contributed by atoms with Gasteiger partial charge >= 0.3 is 0 Å². The third-order valence-electron chi connectivity index (χ3n) is 3.18. The lowest BCUT2D eigenvalue weighted by Crippen LogP contribution is -2.23. The van der Waals surface area contributed by atoms with Crippen molar-refractivity contribution in [3.63, 3.8) is 0 Å². The lowest BCUT2D eigenvalue weighted by molar-refractivity contribution is 0.414. The molecule has 0 radical (unpaired) electrons. The molecular weight excluding hydrogens is 186 g/mol. The van der Waals surface area contributed by atoms with Gasteiger partial charge in [-0.15, -0.1) is 0 Å². The number of aryl methyl sites for hydroxylation is 1. The van der Waals surface area contributed by atoms with E-state index in [-0.39, 0.29) is 0 Å². The Morgan fingerprint density at radius 1 is 1.47 bits per heavy atom. The molecule has 1 aromatic carbocycles. The Kier molecular flexibility index (Phi) is 3.27. The molecule has 1 aromatic rings. The molecule has 0 aliphatic carbocycles. The van der Waals surface area contributed by atoms with Gasteiger partial charge in [-0.05, 0) is 56.0 Å². The van der Waals surface area contributed by atoms with Crippen molar-refractivity contribution >= 4 is 0 Å². The first-order valence-electron chi connectivity index (χ1n) is 5.66. The Balaban J connectivity index is 2.07. The van der Waals surface area contributed by atoms with Gasteiger partial charge in [0.05, 0.1) is 7.11 Å². The van der Waals surface area contributed by atoms with Crippen LogP contribution in [0.25, 0.3) is 0 Å². The maximum atomic E-state index is 5.20. The fourth-order valence-corrected chi connectivity index (χ4v) is 2.22. The summed E-state index contributed by atoms with van der Waals surface area (Å²) in [4.78, 5) is 0. The van der Waals surface area contributed by atoms with Gasteiger partial charge in [0.1, 0.15) is 5.75 Å². The summed E-state index contributed by atoms with van der Waals surface area (Å²) in [6.45, 7) is 3.34. The minimum atomic E-state index is 0.678. The second kappa shape index (κ2) is 4.67. The largest absolute Gasteiger partial charge is 0.497 e. The van der Waals surface area contributed by atoms with Crippen molar-refractivity contribution in [3.05, 3.63) is 29.3 Å². The Morgan fingerprint density at radius 2 is 2.33 bits per heavy atom. The van der Waals surface area contributed by atoms with E-state index in [1.165, 1.54) is 30.5 Å². The molecule has 2 heteroatoms. The van der Waals surface area contributed by atoms with Gasteiger partial charge in [0.2, 0.25) is 0 Å². The molecule has 2 nitrogen and oxygen atoms in total. The van der Waals surface area contributed by atoms with Crippen LogP contribution in [0.15, 0.2) is 18.2 Å². The number of hydrogen-bond acceptors (Lipinski definition) is 2. The van der Waals surface area contributed by atoms with Gasteiger partial charge in [-0.3, -0.25) is 0 Å². The first-order chi connectivity index (χ1) is 7.29. The van der Waals surface area contributed by atoms with Crippen LogP contribution in [0.2, 0.25) is 0 Å². The summed E-state index contributed by atoms with van der Waals surface area (Å²) < 4.78 is 5.20. The number of ether oxygens (including phenoxy) is 1. The SMILES string of the molecule is COc1ccc(CC2CCCN2)c(C)c1. The van der Waals surface area contributed by atoms with Gasteiger partial charge < -0.3 is 10.1 Å². The molecule has 0 bridgehead atoms. The number of benzene rings is 1. The van der Waals surface area contributed by atoms with E-state index < -0.39 is 0 Å². The van der Waals surface area contributed by atoms with Crippen molar-refractivity contribution in [2.45, 2.75) is 32.2 Å². The van der Waals surface area contributed by atoms with Crippen LogP contribution in [0.1, 0.15) is 24.0 Å². The topological polar surface area (TPSA) is 21.3 Å². The van der Waals surface area contributed by atoms with Crippen LogP contribution in [-0.4, -0.2) is 19.7 Å². The first kappa shape index (κ1) is 10.5. The minimum Gasteiger partial charge on any atom is -0.497 e. The summed E-state index contributed by atoms with van der Waals surface area (Å²) in [6, 6.07) is 7.03. The Labute approximate surface area is 91.6 Å². The smallest absolute Gasteiger partial charge is 0.119 e. The second-order valence-corrected chi connectivity index (χ2v) is 4.29. The molecule has 1 saturated heterocycles.